The average Bonchev–Trinajstić information content (AvgIpc) is 2.24. The van der Waals surface area contributed by atoms with Gasteiger partial charge in [0.05, 0.1) is 10.0 Å². The van der Waals surface area contributed by atoms with Crippen LogP contribution in [0.2, 0.25) is 10.0 Å². The van der Waals surface area contributed by atoms with Crippen LogP contribution in [0.15, 0.2) is 55.2 Å². The van der Waals surface area contributed by atoms with Crippen molar-refractivity contribution in [2.75, 3.05) is 0 Å². The number of rotatable bonds is 4. The molecule has 0 fully saturated rings. The first-order chi connectivity index (χ1) is 7.19. The third-order valence-electron chi connectivity index (χ3n) is 2.02. The molecule has 1 rings (SSSR count). The summed E-state index contributed by atoms with van der Waals surface area (Å²) < 4.78 is 0. The molecule has 0 N–H and O–H groups in total. The number of halogens is 2. The molecule has 0 aliphatic rings. The van der Waals surface area contributed by atoms with Crippen molar-refractivity contribution in [3.05, 3.63) is 70.8 Å². The van der Waals surface area contributed by atoms with E-state index in [0.29, 0.717) is 10.0 Å². The van der Waals surface area contributed by atoms with Gasteiger partial charge in [-0.05, 0) is 23.6 Å². The van der Waals surface area contributed by atoms with Crippen LogP contribution in [-0.2, 0) is 6.42 Å². The van der Waals surface area contributed by atoms with Crippen LogP contribution < -0.4 is 0 Å². The van der Waals surface area contributed by atoms with Gasteiger partial charge in [0, 0.05) is 0 Å². The summed E-state index contributed by atoms with van der Waals surface area (Å²) in [5, 5.41) is 1.19. The van der Waals surface area contributed by atoms with E-state index in [1.54, 1.807) is 18.2 Å². The quantitative estimate of drug-likeness (QED) is 0.660. The van der Waals surface area contributed by atoms with Crippen molar-refractivity contribution in [3.63, 3.8) is 0 Å². The van der Waals surface area contributed by atoms with Crippen molar-refractivity contribution < 1.29 is 0 Å². The first kappa shape index (κ1) is 12.1. The fraction of sp³-hybridized carbons (Fsp3) is 0.0769. The predicted molar refractivity (Wildman–Crippen MR) is 68.6 cm³/mol. The monoisotopic (exact) mass is 238 g/mol. The van der Waals surface area contributed by atoms with Crippen LogP contribution in [0.5, 0.6) is 0 Å². The fourth-order valence-electron chi connectivity index (χ4n) is 1.26. The van der Waals surface area contributed by atoms with Crippen LogP contribution in [-0.4, -0.2) is 0 Å². The van der Waals surface area contributed by atoms with Gasteiger partial charge in [-0.1, -0.05) is 66.7 Å². The van der Waals surface area contributed by atoms with Gasteiger partial charge in [-0.3, -0.25) is 0 Å². The summed E-state index contributed by atoms with van der Waals surface area (Å²) in [4.78, 5) is 0. The summed E-state index contributed by atoms with van der Waals surface area (Å²) in [5.41, 5.74) is 2.06. The van der Waals surface area contributed by atoms with Gasteiger partial charge in [0.25, 0.3) is 0 Å². The first-order valence-corrected chi connectivity index (χ1v) is 5.31. The Hall–Kier alpha value is -0.980. The van der Waals surface area contributed by atoms with E-state index >= 15 is 0 Å². The maximum absolute atomic E-state index is 6.08. The Morgan fingerprint density at radius 2 is 2.00 bits per heavy atom. The van der Waals surface area contributed by atoms with E-state index in [2.05, 4.69) is 13.2 Å². The summed E-state index contributed by atoms with van der Waals surface area (Å²) in [7, 11) is 0. The van der Waals surface area contributed by atoms with Gasteiger partial charge in [-0.25, -0.2) is 0 Å². The largest absolute Gasteiger partial charge is 0.0991 e. The molecule has 0 radical (unpaired) electrons. The Balaban J connectivity index is 2.98. The van der Waals surface area contributed by atoms with E-state index in [1.165, 1.54) is 0 Å². The Labute approximate surface area is 101 Å². The molecule has 0 unspecified atom stereocenters. The van der Waals surface area contributed by atoms with Crippen molar-refractivity contribution in [2.45, 2.75) is 6.42 Å². The molecule has 0 atom stereocenters. The standard InChI is InChI=1S/C13H12Cl2/c1-3-6-10(4-2)9-11-7-5-8-12(14)13(11)15/h3-8H,1-2,9H2/b10-6+. The zero-order valence-corrected chi connectivity index (χ0v) is 9.85. The van der Waals surface area contributed by atoms with Gasteiger partial charge in [0.15, 0.2) is 0 Å². The van der Waals surface area contributed by atoms with Crippen LogP contribution in [0, 0.1) is 0 Å². The molecule has 1 aromatic carbocycles. The summed E-state index contributed by atoms with van der Waals surface area (Å²) in [5.74, 6) is 0. The molecule has 2 heteroatoms. The Kier molecular flexibility index (Phi) is 4.67. The lowest BCUT2D eigenvalue weighted by Gasteiger charge is -2.05. The van der Waals surface area contributed by atoms with Crippen molar-refractivity contribution in [1.82, 2.24) is 0 Å². The second-order valence-corrected chi connectivity index (χ2v) is 3.86. The highest BCUT2D eigenvalue weighted by Crippen LogP contribution is 2.27. The molecule has 0 spiro atoms. The average molecular weight is 239 g/mol. The summed E-state index contributed by atoms with van der Waals surface area (Å²) in [6.45, 7) is 7.38. The van der Waals surface area contributed by atoms with E-state index in [-0.39, 0.29) is 0 Å². The minimum atomic E-state index is 0.580. The van der Waals surface area contributed by atoms with Gasteiger partial charge in [-0.15, -0.1) is 0 Å². The van der Waals surface area contributed by atoms with Crippen LogP contribution in [0.4, 0.5) is 0 Å². The predicted octanol–water partition coefficient (Wildman–Crippen LogP) is 4.83. The van der Waals surface area contributed by atoms with Gasteiger partial charge in [-0.2, -0.15) is 0 Å². The minimum absolute atomic E-state index is 0.580. The van der Waals surface area contributed by atoms with E-state index in [9.17, 15) is 0 Å². The Morgan fingerprint density at radius 1 is 1.27 bits per heavy atom. The van der Waals surface area contributed by atoms with Crippen molar-refractivity contribution >= 4 is 23.2 Å². The van der Waals surface area contributed by atoms with E-state index < -0.39 is 0 Å². The maximum atomic E-state index is 6.08. The molecule has 0 saturated carbocycles. The molecule has 0 heterocycles. The highest BCUT2D eigenvalue weighted by Gasteiger charge is 2.04. The zero-order valence-electron chi connectivity index (χ0n) is 8.34. The molecule has 0 bridgehead atoms. The fourth-order valence-corrected chi connectivity index (χ4v) is 1.64. The van der Waals surface area contributed by atoms with Crippen LogP contribution >= 0.6 is 23.2 Å². The SMILES string of the molecule is C=C/C=C(\C=C)Cc1cccc(Cl)c1Cl. The molecule has 0 nitrogen and oxygen atoms in total. The third kappa shape index (κ3) is 3.26. The zero-order chi connectivity index (χ0) is 11.3. The highest BCUT2D eigenvalue weighted by atomic mass is 35.5. The van der Waals surface area contributed by atoms with Gasteiger partial charge in [0.2, 0.25) is 0 Å². The summed E-state index contributed by atoms with van der Waals surface area (Å²) in [6.07, 6.45) is 6.15. The van der Waals surface area contributed by atoms with Crippen LogP contribution in [0.25, 0.3) is 0 Å². The van der Waals surface area contributed by atoms with Crippen LogP contribution in [0.3, 0.4) is 0 Å². The van der Waals surface area contributed by atoms with Gasteiger partial charge >= 0.3 is 0 Å². The lowest BCUT2D eigenvalue weighted by molar-refractivity contribution is 1.20. The van der Waals surface area contributed by atoms with E-state index in [4.69, 9.17) is 23.2 Å². The van der Waals surface area contributed by atoms with Crippen LogP contribution in [0.1, 0.15) is 5.56 Å². The number of hydrogen-bond acceptors (Lipinski definition) is 0. The van der Waals surface area contributed by atoms with Crippen molar-refractivity contribution in [1.29, 1.82) is 0 Å². The topological polar surface area (TPSA) is 0 Å². The van der Waals surface area contributed by atoms with Crippen molar-refractivity contribution in [2.24, 2.45) is 0 Å². The molecule has 0 amide bonds. The Bertz CT molecular complexity index is 403. The van der Waals surface area contributed by atoms with E-state index in [0.717, 1.165) is 17.6 Å². The highest BCUT2D eigenvalue weighted by molar-refractivity contribution is 6.42. The lowest BCUT2D eigenvalue weighted by Crippen LogP contribution is -1.89. The number of hydrogen-bond donors (Lipinski definition) is 0. The molecule has 0 saturated heterocycles. The molecule has 0 aliphatic carbocycles. The summed E-state index contributed by atoms with van der Waals surface area (Å²) in [6, 6.07) is 5.62. The van der Waals surface area contributed by atoms with Gasteiger partial charge in [0.1, 0.15) is 0 Å². The minimum Gasteiger partial charge on any atom is -0.0991 e. The maximum Gasteiger partial charge on any atom is 0.0627 e. The molecular formula is C13H12Cl2. The number of benzene rings is 1. The molecule has 0 aliphatic heterocycles. The summed E-state index contributed by atoms with van der Waals surface area (Å²) >= 11 is 12.0. The molecule has 1 aromatic rings. The lowest BCUT2D eigenvalue weighted by atomic mass is 10.0. The normalized spacial score (nSPS) is 11.2. The smallest absolute Gasteiger partial charge is 0.0627 e. The Morgan fingerprint density at radius 3 is 2.60 bits per heavy atom. The molecule has 0 aromatic heterocycles. The number of allylic oxidation sites excluding steroid dienone is 4. The van der Waals surface area contributed by atoms with Crippen molar-refractivity contribution in [3.8, 4) is 0 Å². The van der Waals surface area contributed by atoms with E-state index in [1.807, 2.05) is 18.2 Å². The molecule has 15 heavy (non-hydrogen) atoms. The molecule has 78 valence electrons. The second kappa shape index (κ2) is 5.79. The third-order valence-corrected chi connectivity index (χ3v) is 2.88. The first-order valence-electron chi connectivity index (χ1n) is 4.56. The van der Waals surface area contributed by atoms with Gasteiger partial charge < -0.3 is 0 Å². The second-order valence-electron chi connectivity index (χ2n) is 3.07. The molecular weight excluding hydrogens is 227 g/mol.